The number of rotatable bonds is 0. The summed E-state index contributed by atoms with van der Waals surface area (Å²) >= 11 is 0. The van der Waals surface area contributed by atoms with Crippen molar-refractivity contribution in [3.63, 3.8) is 0 Å². The zero-order chi connectivity index (χ0) is 6.27. The third-order valence-corrected chi connectivity index (χ3v) is 1.54. The fraction of sp³-hybridized carbons (Fsp3) is 0.667. The summed E-state index contributed by atoms with van der Waals surface area (Å²) in [6.07, 6.45) is 1.51. The van der Waals surface area contributed by atoms with E-state index < -0.39 is 6.17 Å². The highest BCUT2D eigenvalue weighted by Gasteiger charge is 2.33. The largest absolute Gasteiger partial charge is 0.346 e. The third-order valence-electron chi connectivity index (χ3n) is 1.54. The SMILES string of the molecule is F[C@H]1C=C[C@@H]2OC[C@H]1O2. The first kappa shape index (κ1) is 5.38. The Labute approximate surface area is 52.3 Å². The van der Waals surface area contributed by atoms with Gasteiger partial charge in [0.05, 0.1) is 6.61 Å². The van der Waals surface area contributed by atoms with Crippen molar-refractivity contribution >= 4 is 0 Å². The van der Waals surface area contributed by atoms with Crippen LogP contribution in [0.5, 0.6) is 0 Å². The number of alkyl halides is 1. The van der Waals surface area contributed by atoms with Crippen molar-refractivity contribution < 1.29 is 13.9 Å². The van der Waals surface area contributed by atoms with Gasteiger partial charge in [-0.1, -0.05) is 0 Å². The van der Waals surface area contributed by atoms with Gasteiger partial charge in [-0.25, -0.2) is 4.39 Å². The van der Waals surface area contributed by atoms with Crippen LogP contribution in [-0.2, 0) is 9.47 Å². The van der Waals surface area contributed by atoms with E-state index >= 15 is 0 Å². The molecule has 0 spiro atoms. The van der Waals surface area contributed by atoms with Gasteiger partial charge in [0.2, 0.25) is 0 Å². The van der Waals surface area contributed by atoms with Gasteiger partial charge in [0, 0.05) is 0 Å². The van der Waals surface area contributed by atoms with Crippen LogP contribution >= 0.6 is 0 Å². The van der Waals surface area contributed by atoms with Crippen LogP contribution in [-0.4, -0.2) is 25.2 Å². The van der Waals surface area contributed by atoms with Crippen LogP contribution in [0.4, 0.5) is 4.39 Å². The van der Waals surface area contributed by atoms with E-state index in [1.165, 1.54) is 6.08 Å². The predicted octanol–water partition coefficient (Wildman–Crippen LogP) is 0.636. The molecule has 0 saturated carbocycles. The summed E-state index contributed by atoms with van der Waals surface area (Å²) in [6.45, 7) is 0.388. The topological polar surface area (TPSA) is 18.5 Å². The molecule has 0 aromatic heterocycles. The van der Waals surface area contributed by atoms with E-state index in [1.807, 2.05) is 0 Å². The van der Waals surface area contributed by atoms with E-state index in [2.05, 4.69) is 0 Å². The summed E-state index contributed by atoms with van der Waals surface area (Å²) in [4.78, 5) is 0. The molecule has 0 aromatic rings. The summed E-state index contributed by atoms with van der Waals surface area (Å²) in [6, 6.07) is 0. The quantitative estimate of drug-likeness (QED) is 0.448. The van der Waals surface area contributed by atoms with Crippen molar-refractivity contribution in [2.75, 3.05) is 6.61 Å². The number of hydrogen-bond acceptors (Lipinski definition) is 2. The van der Waals surface area contributed by atoms with Gasteiger partial charge in [0.15, 0.2) is 6.29 Å². The van der Waals surface area contributed by atoms with Crippen LogP contribution in [0.15, 0.2) is 12.2 Å². The fourth-order valence-corrected chi connectivity index (χ4v) is 1.03. The van der Waals surface area contributed by atoms with Crippen LogP contribution in [0, 0.1) is 0 Å². The average Bonchev–Trinajstić information content (AvgIpc) is 2.25. The Kier molecular flexibility index (Phi) is 1.07. The number of fused-ring (bicyclic) bond motifs is 2. The third kappa shape index (κ3) is 0.767. The summed E-state index contributed by atoms with van der Waals surface area (Å²) < 4.78 is 22.6. The molecule has 1 fully saturated rings. The first-order chi connectivity index (χ1) is 4.36. The smallest absolute Gasteiger partial charge is 0.177 e. The molecule has 0 aromatic carbocycles. The minimum atomic E-state index is -0.969. The van der Waals surface area contributed by atoms with E-state index in [0.29, 0.717) is 6.61 Å². The summed E-state index contributed by atoms with van der Waals surface area (Å²) in [5.41, 5.74) is 0. The van der Waals surface area contributed by atoms with Crippen LogP contribution in [0.25, 0.3) is 0 Å². The molecule has 2 rings (SSSR count). The molecule has 2 bridgehead atoms. The van der Waals surface area contributed by atoms with E-state index in [0.717, 1.165) is 0 Å². The van der Waals surface area contributed by atoms with Gasteiger partial charge in [-0.15, -0.1) is 0 Å². The lowest BCUT2D eigenvalue weighted by atomic mass is 10.2. The molecule has 1 saturated heterocycles. The highest BCUT2D eigenvalue weighted by molar-refractivity contribution is 5.02. The Hall–Kier alpha value is -0.410. The average molecular weight is 130 g/mol. The van der Waals surface area contributed by atoms with E-state index in [4.69, 9.17) is 9.47 Å². The Morgan fingerprint density at radius 1 is 1.44 bits per heavy atom. The van der Waals surface area contributed by atoms with Gasteiger partial charge in [0.25, 0.3) is 0 Å². The van der Waals surface area contributed by atoms with Crippen LogP contribution in [0.3, 0.4) is 0 Å². The maximum atomic E-state index is 12.6. The van der Waals surface area contributed by atoms with Crippen LogP contribution < -0.4 is 0 Å². The van der Waals surface area contributed by atoms with Gasteiger partial charge in [-0.05, 0) is 12.2 Å². The first-order valence-corrected chi connectivity index (χ1v) is 2.96. The van der Waals surface area contributed by atoms with E-state index in [9.17, 15) is 4.39 Å². The second kappa shape index (κ2) is 1.78. The molecule has 9 heavy (non-hydrogen) atoms. The molecule has 0 radical (unpaired) electrons. The number of ether oxygens (including phenoxy) is 2. The van der Waals surface area contributed by atoms with E-state index in [1.54, 1.807) is 6.08 Å². The highest BCUT2D eigenvalue weighted by Crippen LogP contribution is 2.23. The van der Waals surface area contributed by atoms with Crippen molar-refractivity contribution in [2.45, 2.75) is 18.6 Å². The summed E-state index contributed by atoms with van der Waals surface area (Å²) in [5, 5.41) is 0. The molecule has 2 aliphatic rings. The maximum absolute atomic E-state index is 12.6. The van der Waals surface area contributed by atoms with Crippen molar-refractivity contribution in [2.24, 2.45) is 0 Å². The molecular formula is C6H7FO2. The molecular weight excluding hydrogens is 123 g/mol. The van der Waals surface area contributed by atoms with Gasteiger partial charge in [-0.2, -0.15) is 0 Å². The molecule has 2 aliphatic heterocycles. The molecule has 3 atom stereocenters. The second-order valence-electron chi connectivity index (χ2n) is 2.21. The lowest BCUT2D eigenvalue weighted by molar-refractivity contribution is -0.0397. The summed E-state index contributed by atoms with van der Waals surface area (Å²) in [5.74, 6) is 0. The zero-order valence-corrected chi connectivity index (χ0v) is 4.79. The highest BCUT2D eigenvalue weighted by atomic mass is 19.1. The van der Waals surface area contributed by atoms with Crippen molar-refractivity contribution in [3.05, 3.63) is 12.2 Å². The first-order valence-electron chi connectivity index (χ1n) is 2.96. The van der Waals surface area contributed by atoms with Crippen molar-refractivity contribution in [1.82, 2.24) is 0 Å². The van der Waals surface area contributed by atoms with Gasteiger partial charge in [0.1, 0.15) is 12.3 Å². The zero-order valence-electron chi connectivity index (χ0n) is 4.79. The Bertz CT molecular complexity index is 146. The lowest BCUT2D eigenvalue weighted by Crippen LogP contribution is -2.25. The minimum Gasteiger partial charge on any atom is -0.346 e. The maximum Gasteiger partial charge on any atom is 0.177 e. The Balaban J connectivity index is 2.19. The van der Waals surface area contributed by atoms with E-state index in [-0.39, 0.29) is 12.4 Å². The van der Waals surface area contributed by atoms with Crippen LogP contribution in [0.1, 0.15) is 0 Å². The molecule has 50 valence electrons. The number of halogens is 1. The molecule has 2 nitrogen and oxygen atoms in total. The molecule has 2 heterocycles. The molecule has 0 unspecified atom stereocenters. The van der Waals surface area contributed by atoms with Gasteiger partial charge >= 0.3 is 0 Å². The Morgan fingerprint density at radius 2 is 2.33 bits per heavy atom. The molecule has 0 aliphatic carbocycles. The molecule has 3 heteroatoms. The standard InChI is InChI=1S/C6H7FO2/c7-4-1-2-6-8-3-5(4)9-6/h1-2,4-6H,3H2/t4-,5+,6+/m0/s1. The monoisotopic (exact) mass is 130 g/mol. The van der Waals surface area contributed by atoms with Gasteiger partial charge in [-0.3, -0.25) is 0 Å². The minimum absolute atomic E-state index is 0.276. The van der Waals surface area contributed by atoms with Crippen molar-refractivity contribution in [1.29, 1.82) is 0 Å². The van der Waals surface area contributed by atoms with Crippen LogP contribution in [0.2, 0.25) is 0 Å². The molecule has 0 amide bonds. The fourth-order valence-electron chi connectivity index (χ4n) is 1.03. The second-order valence-corrected chi connectivity index (χ2v) is 2.21. The van der Waals surface area contributed by atoms with Crippen molar-refractivity contribution in [3.8, 4) is 0 Å². The normalized spacial score (nSPS) is 47.9. The molecule has 0 N–H and O–H groups in total. The number of hydrogen-bond donors (Lipinski definition) is 0. The predicted molar refractivity (Wildman–Crippen MR) is 28.6 cm³/mol. The Morgan fingerprint density at radius 3 is 3.11 bits per heavy atom. The lowest BCUT2D eigenvalue weighted by Gasteiger charge is -2.14. The van der Waals surface area contributed by atoms with Gasteiger partial charge < -0.3 is 9.47 Å². The summed E-state index contributed by atoms with van der Waals surface area (Å²) in [7, 11) is 0.